The molecule has 1 saturated heterocycles. The van der Waals surface area contributed by atoms with Crippen molar-refractivity contribution in [2.75, 3.05) is 26.4 Å². The quantitative estimate of drug-likeness (QED) is 0.0219. The predicted molar refractivity (Wildman–Crippen MR) is 218 cm³/mol. The summed E-state index contributed by atoms with van der Waals surface area (Å²) in [4.78, 5) is 35.0. The number of unbranched alkanes of at least 4 members (excludes halogenated alkanes) is 14. The normalized spacial score (nSPS) is 17.1. The third-order valence-corrected chi connectivity index (χ3v) is 11.3. The average Bonchev–Trinajstić information content (AvgIpc) is 3.86. The maximum Gasteiger partial charge on any atom is 0.472 e. The molecule has 1 aromatic heterocycles. The van der Waals surface area contributed by atoms with Gasteiger partial charge in [0, 0.05) is 32.2 Å². The number of rotatable bonds is 36. The Kier molecular flexibility index (Phi) is 26.9. The van der Waals surface area contributed by atoms with Crippen molar-refractivity contribution in [1.82, 2.24) is 0 Å². The third kappa shape index (κ3) is 23.7. The molecule has 11 nitrogen and oxygen atoms in total. The molecule has 1 aromatic rings. The lowest BCUT2D eigenvalue weighted by molar-refractivity contribution is -0.161. The molecule has 2 rings (SSSR count). The smallest absolute Gasteiger partial charge is 0.466 e. The summed E-state index contributed by atoms with van der Waals surface area (Å²) in [5.74, 6) is 1.40. The molecule has 1 fully saturated rings. The van der Waals surface area contributed by atoms with Crippen molar-refractivity contribution in [2.45, 2.75) is 200 Å². The molecule has 0 saturated carbocycles. The van der Waals surface area contributed by atoms with Crippen LogP contribution < -0.4 is 5.73 Å². The van der Waals surface area contributed by atoms with Gasteiger partial charge in [0.05, 0.1) is 25.4 Å². The van der Waals surface area contributed by atoms with Gasteiger partial charge in [0.15, 0.2) is 6.10 Å². The number of phosphoric acid groups is 1. The molecule has 0 bridgehead atoms. The van der Waals surface area contributed by atoms with Gasteiger partial charge in [0.1, 0.15) is 18.1 Å². The molecular formula is C43H76NO10P. The molecule has 0 radical (unpaired) electrons. The van der Waals surface area contributed by atoms with Gasteiger partial charge in [-0.25, -0.2) is 4.57 Å². The number of phosphoric ester groups is 1. The molecular weight excluding hydrogens is 721 g/mol. The van der Waals surface area contributed by atoms with E-state index in [1.165, 1.54) is 49.7 Å². The van der Waals surface area contributed by atoms with Crippen LogP contribution in [0.3, 0.4) is 0 Å². The number of hydrogen-bond acceptors (Lipinski definition) is 10. The Hall–Kier alpha value is -2.01. The highest BCUT2D eigenvalue weighted by molar-refractivity contribution is 7.47. The standard InChI is InChI=1S/C43H76NO10P/c1-5-7-9-10-14-21-27-40-41(54-40)28-22-16-13-18-24-30-43(46)52-37(34-51-55(47,48)50-32-31-44)33-49-42(45)29-23-17-12-11-15-20-26-39-36(4)35(3)38(53-39)25-19-8-6-2/h14,21,37,40-41H,5-13,15-20,22-34,44H2,1-4H3,(H,47,48)/b21-14-/t37-,40?,41?/m1/s1. The van der Waals surface area contributed by atoms with Gasteiger partial charge < -0.3 is 29.3 Å². The number of esters is 2. The van der Waals surface area contributed by atoms with Crippen molar-refractivity contribution < 1.29 is 46.7 Å². The Morgan fingerprint density at radius 1 is 0.745 bits per heavy atom. The van der Waals surface area contributed by atoms with Gasteiger partial charge in [0.2, 0.25) is 0 Å². The van der Waals surface area contributed by atoms with Crippen LogP contribution in [0, 0.1) is 13.8 Å². The zero-order chi connectivity index (χ0) is 40.2. The maximum atomic E-state index is 12.6. The molecule has 0 amide bonds. The zero-order valence-corrected chi connectivity index (χ0v) is 35.7. The molecule has 12 heteroatoms. The van der Waals surface area contributed by atoms with Crippen molar-refractivity contribution >= 4 is 19.8 Å². The van der Waals surface area contributed by atoms with E-state index in [4.69, 9.17) is 33.4 Å². The lowest BCUT2D eigenvalue weighted by Crippen LogP contribution is -2.29. The van der Waals surface area contributed by atoms with Crippen molar-refractivity contribution in [3.05, 3.63) is 34.8 Å². The van der Waals surface area contributed by atoms with Crippen LogP contribution in [0.25, 0.3) is 0 Å². The van der Waals surface area contributed by atoms with Gasteiger partial charge in [-0.2, -0.15) is 0 Å². The van der Waals surface area contributed by atoms with E-state index in [9.17, 15) is 19.0 Å². The number of ether oxygens (including phenoxy) is 3. The van der Waals surface area contributed by atoms with Crippen molar-refractivity contribution in [1.29, 1.82) is 0 Å². The average molecular weight is 798 g/mol. The Morgan fingerprint density at radius 3 is 1.98 bits per heavy atom. The Bertz CT molecular complexity index is 1250. The maximum absolute atomic E-state index is 12.6. The number of carbonyl (C=O) groups excluding carboxylic acids is 2. The fraction of sp³-hybridized carbons (Fsp3) is 0.814. The van der Waals surface area contributed by atoms with Gasteiger partial charge in [-0.05, 0) is 76.3 Å². The van der Waals surface area contributed by atoms with Crippen molar-refractivity contribution in [3.63, 3.8) is 0 Å². The Balaban J connectivity index is 1.59. The van der Waals surface area contributed by atoms with Crippen LogP contribution in [0.5, 0.6) is 0 Å². The van der Waals surface area contributed by atoms with Crippen LogP contribution in [0.4, 0.5) is 0 Å². The number of epoxide rings is 1. The number of carbonyl (C=O) groups is 2. The van der Waals surface area contributed by atoms with Gasteiger partial charge >= 0.3 is 19.8 Å². The topological polar surface area (TPSA) is 160 Å². The minimum atomic E-state index is -4.40. The Morgan fingerprint density at radius 2 is 1.33 bits per heavy atom. The summed E-state index contributed by atoms with van der Waals surface area (Å²) in [6, 6.07) is 0. The summed E-state index contributed by atoms with van der Waals surface area (Å²) in [6.07, 6.45) is 28.0. The number of furan rings is 1. The van der Waals surface area contributed by atoms with E-state index in [-0.39, 0.29) is 32.6 Å². The van der Waals surface area contributed by atoms with Crippen molar-refractivity contribution in [3.8, 4) is 0 Å². The minimum absolute atomic E-state index is 0.0417. The van der Waals surface area contributed by atoms with E-state index in [2.05, 4.69) is 39.8 Å². The molecule has 1 aliphatic heterocycles. The van der Waals surface area contributed by atoms with Gasteiger partial charge in [-0.15, -0.1) is 0 Å². The fourth-order valence-electron chi connectivity index (χ4n) is 6.64. The molecule has 3 unspecified atom stereocenters. The second-order valence-electron chi connectivity index (χ2n) is 15.2. The van der Waals surface area contributed by atoms with Crippen molar-refractivity contribution in [2.24, 2.45) is 5.73 Å². The summed E-state index contributed by atoms with van der Waals surface area (Å²) in [5.41, 5.74) is 7.96. The number of nitrogens with two attached hydrogens (primary N) is 1. The molecule has 3 N–H and O–H groups in total. The highest BCUT2D eigenvalue weighted by atomic mass is 31.2. The summed E-state index contributed by atoms with van der Waals surface area (Å²) in [7, 11) is -4.40. The van der Waals surface area contributed by atoms with E-state index in [1.54, 1.807) is 0 Å². The van der Waals surface area contributed by atoms with Crippen LogP contribution in [0.1, 0.15) is 178 Å². The van der Waals surface area contributed by atoms with E-state index in [1.807, 2.05) is 0 Å². The molecule has 0 aliphatic carbocycles. The highest BCUT2D eigenvalue weighted by Crippen LogP contribution is 2.43. The van der Waals surface area contributed by atoms with E-state index < -0.39 is 32.5 Å². The third-order valence-electron chi connectivity index (χ3n) is 10.3. The first kappa shape index (κ1) is 49.1. The lowest BCUT2D eigenvalue weighted by atomic mass is 10.0. The first-order chi connectivity index (χ1) is 26.6. The van der Waals surface area contributed by atoms with Crippen LogP contribution in [0.2, 0.25) is 0 Å². The second kappa shape index (κ2) is 30.1. The number of hydrogen-bond donors (Lipinski definition) is 2. The molecule has 1 aliphatic rings. The molecule has 318 valence electrons. The van der Waals surface area contributed by atoms with Gasteiger partial charge in [-0.1, -0.05) is 103 Å². The SMILES string of the molecule is CCCCC/C=C\CC1OC1CCCCCCCC(=O)O[C@H](COC(=O)CCCCCCCCc1oc(CCCCC)c(C)c1C)COP(=O)(O)OCCN. The number of allylic oxidation sites excluding steroid dienone is 1. The first-order valence-corrected chi connectivity index (χ1v) is 23.1. The minimum Gasteiger partial charge on any atom is -0.466 e. The predicted octanol–water partition coefficient (Wildman–Crippen LogP) is 10.5. The van der Waals surface area contributed by atoms with E-state index >= 15 is 0 Å². The largest absolute Gasteiger partial charge is 0.472 e. The lowest BCUT2D eigenvalue weighted by Gasteiger charge is -2.19. The van der Waals surface area contributed by atoms with E-state index in [0.717, 1.165) is 101 Å². The Labute approximate surface area is 332 Å². The first-order valence-electron chi connectivity index (χ1n) is 21.6. The zero-order valence-electron chi connectivity index (χ0n) is 34.8. The van der Waals surface area contributed by atoms with Crippen LogP contribution in [0.15, 0.2) is 16.6 Å². The van der Waals surface area contributed by atoms with E-state index in [0.29, 0.717) is 25.0 Å². The number of aryl methyl sites for hydroxylation is 2. The van der Waals surface area contributed by atoms with Crippen LogP contribution in [-0.2, 0) is 50.3 Å². The van der Waals surface area contributed by atoms with Gasteiger partial charge in [-0.3, -0.25) is 18.6 Å². The van der Waals surface area contributed by atoms with Gasteiger partial charge in [0.25, 0.3) is 0 Å². The monoisotopic (exact) mass is 798 g/mol. The summed E-state index contributed by atoms with van der Waals surface area (Å²) in [5, 5.41) is 0. The molecule has 4 atom stereocenters. The second-order valence-corrected chi connectivity index (χ2v) is 16.6. The molecule has 0 aromatic carbocycles. The summed E-state index contributed by atoms with van der Waals surface area (Å²) >= 11 is 0. The fourth-order valence-corrected chi connectivity index (χ4v) is 7.41. The summed E-state index contributed by atoms with van der Waals surface area (Å²) < 4.78 is 44.9. The summed E-state index contributed by atoms with van der Waals surface area (Å²) in [6.45, 7) is 7.92. The van der Waals surface area contributed by atoms with Crippen LogP contribution in [-0.4, -0.2) is 61.5 Å². The molecule has 0 spiro atoms. The van der Waals surface area contributed by atoms with Crippen LogP contribution >= 0.6 is 7.82 Å². The highest BCUT2D eigenvalue weighted by Gasteiger charge is 2.36. The molecule has 2 heterocycles. The molecule has 55 heavy (non-hydrogen) atoms.